The predicted octanol–water partition coefficient (Wildman–Crippen LogP) is 2.00. The van der Waals surface area contributed by atoms with Crippen molar-refractivity contribution in [3.05, 3.63) is 23.3 Å². The van der Waals surface area contributed by atoms with E-state index in [1.165, 1.54) is 29.6 Å². The maximum absolute atomic E-state index is 5.41. The molecule has 1 aliphatic carbocycles. The molecule has 0 bridgehead atoms. The minimum Gasteiger partial charge on any atom is -0.330 e. The molecule has 2 N–H and O–H groups in total. The molecule has 0 saturated carbocycles. The Balaban J connectivity index is 2.50. The van der Waals surface area contributed by atoms with Gasteiger partial charge in [-0.15, -0.1) is 0 Å². The fourth-order valence-corrected chi connectivity index (χ4v) is 1.30. The third kappa shape index (κ3) is 1.29. The van der Waals surface area contributed by atoms with E-state index in [2.05, 4.69) is 13.5 Å². The van der Waals surface area contributed by atoms with Crippen molar-refractivity contribution >= 4 is 0 Å². The van der Waals surface area contributed by atoms with E-state index in [0.29, 0.717) is 0 Å². The van der Waals surface area contributed by atoms with Crippen LogP contribution in [-0.4, -0.2) is 6.54 Å². The van der Waals surface area contributed by atoms with Crippen LogP contribution in [-0.2, 0) is 0 Å². The van der Waals surface area contributed by atoms with Crippen LogP contribution >= 0.6 is 0 Å². The van der Waals surface area contributed by atoms with Gasteiger partial charge in [-0.05, 0) is 38.3 Å². The summed E-state index contributed by atoms with van der Waals surface area (Å²) in [6.45, 7) is 6.89. The molecule has 0 heterocycles. The largest absolute Gasteiger partial charge is 0.330 e. The Hall–Kier alpha value is -0.560. The first-order chi connectivity index (χ1) is 4.75. The highest BCUT2D eigenvalue weighted by Crippen LogP contribution is 2.32. The van der Waals surface area contributed by atoms with Crippen molar-refractivity contribution in [3.8, 4) is 0 Å². The van der Waals surface area contributed by atoms with Gasteiger partial charge in [0.15, 0.2) is 0 Å². The van der Waals surface area contributed by atoms with E-state index in [4.69, 9.17) is 5.73 Å². The molecule has 0 amide bonds. The summed E-state index contributed by atoms with van der Waals surface area (Å²) in [7, 11) is 0. The van der Waals surface area contributed by atoms with Crippen LogP contribution in [0.1, 0.15) is 26.2 Å². The van der Waals surface area contributed by atoms with Crippen molar-refractivity contribution in [1.82, 2.24) is 0 Å². The molecule has 0 radical (unpaired) electrons. The van der Waals surface area contributed by atoms with Gasteiger partial charge in [0.1, 0.15) is 0 Å². The molecule has 0 saturated heterocycles. The van der Waals surface area contributed by atoms with Crippen LogP contribution in [0.4, 0.5) is 0 Å². The van der Waals surface area contributed by atoms with E-state index in [1.807, 2.05) is 0 Å². The lowest BCUT2D eigenvalue weighted by Gasteiger charge is -2.22. The molecule has 0 aromatic rings. The molecule has 0 fully saturated rings. The lowest BCUT2D eigenvalue weighted by molar-refractivity contribution is 0.786. The first kappa shape index (κ1) is 7.55. The van der Waals surface area contributed by atoms with Gasteiger partial charge in [0.2, 0.25) is 0 Å². The summed E-state index contributed by atoms with van der Waals surface area (Å²) >= 11 is 0. The zero-order chi connectivity index (χ0) is 7.56. The Bertz CT molecular complexity index is 177. The molecule has 0 aromatic carbocycles. The van der Waals surface area contributed by atoms with Crippen LogP contribution in [0.3, 0.4) is 0 Å². The maximum Gasteiger partial charge on any atom is -0.00368 e. The summed E-state index contributed by atoms with van der Waals surface area (Å²) in [5.41, 5.74) is 9.65. The third-order valence-electron chi connectivity index (χ3n) is 2.14. The zero-order valence-corrected chi connectivity index (χ0v) is 6.61. The Morgan fingerprint density at radius 1 is 1.60 bits per heavy atom. The van der Waals surface area contributed by atoms with Crippen LogP contribution in [0.25, 0.3) is 0 Å². The summed E-state index contributed by atoms with van der Waals surface area (Å²) < 4.78 is 0. The van der Waals surface area contributed by atoms with Gasteiger partial charge in [0.25, 0.3) is 0 Å². The summed E-state index contributed by atoms with van der Waals surface area (Å²) in [6.07, 6.45) is 3.45. The molecule has 0 aliphatic heterocycles. The molecular formula is C9H15N. The minimum atomic E-state index is 0.732. The number of allylic oxidation sites excluding steroid dienone is 2. The van der Waals surface area contributed by atoms with Gasteiger partial charge in [-0.3, -0.25) is 0 Å². The van der Waals surface area contributed by atoms with Crippen LogP contribution in [0.15, 0.2) is 23.3 Å². The normalized spacial score (nSPS) is 17.0. The lowest BCUT2D eigenvalue weighted by atomic mass is 9.84. The first-order valence-corrected chi connectivity index (χ1v) is 3.82. The molecule has 0 spiro atoms. The Morgan fingerprint density at radius 2 is 2.30 bits per heavy atom. The fraction of sp³-hybridized carbons (Fsp3) is 0.556. The molecule has 1 aliphatic rings. The monoisotopic (exact) mass is 137 g/mol. The van der Waals surface area contributed by atoms with Crippen LogP contribution in [0.2, 0.25) is 0 Å². The molecule has 1 heteroatoms. The average molecular weight is 137 g/mol. The first-order valence-electron chi connectivity index (χ1n) is 3.82. The molecule has 10 heavy (non-hydrogen) atoms. The second kappa shape index (κ2) is 3.02. The summed E-state index contributed by atoms with van der Waals surface area (Å²) in [6, 6.07) is 0. The highest BCUT2D eigenvalue weighted by Gasteiger charge is 2.14. The predicted molar refractivity (Wildman–Crippen MR) is 44.7 cm³/mol. The van der Waals surface area contributed by atoms with Gasteiger partial charge in [0, 0.05) is 0 Å². The molecule has 0 unspecified atom stereocenters. The Kier molecular flexibility index (Phi) is 2.28. The Morgan fingerprint density at radius 3 is 2.60 bits per heavy atom. The van der Waals surface area contributed by atoms with Gasteiger partial charge < -0.3 is 5.73 Å². The highest BCUT2D eigenvalue weighted by atomic mass is 14.5. The van der Waals surface area contributed by atoms with Crippen molar-refractivity contribution < 1.29 is 0 Å². The number of hydrogen-bond acceptors (Lipinski definition) is 1. The van der Waals surface area contributed by atoms with E-state index < -0.39 is 0 Å². The maximum atomic E-state index is 5.41. The van der Waals surface area contributed by atoms with E-state index in [1.54, 1.807) is 0 Å². The summed E-state index contributed by atoms with van der Waals surface area (Å²) in [4.78, 5) is 0. The topological polar surface area (TPSA) is 26.0 Å². The zero-order valence-electron chi connectivity index (χ0n) is 6.61. The number of rotatable bonds is 3. The van der Waals surface area contributed by atoms with Gasteiger partial charge in [-0.1, -0.05) is 17.7 Å². The Labute approximate surface area is 62.6 Å². The fourth-order valence-electron chi connectivity index (χ4n) is 1.30. The van der Waals surface area contributed by atoms with Gasteiger partial charge in [-0.2, -0.15) is 0 Å². The second-order valence-electron chi connectivity index (χ2n) is 2.90. The van der Waals surface area contributed by atoms with Crippen LogP contribution < -0.4 is 5.73 Å². The number of hydrogen-bond donors (Lipinski definition) is 1. The third-order valence-corrected chi connectivity index (χ3v) is 2.14. The lowest BCUT2D eigenvalue weighted by Crippen LogP contribution is -2.07. The highest BCUT2D eigenvalue weighted by molar-refractivity contribution is 5.38. The van der Waals surface area contributed by atoms with E-state index in [0.717, 1.165) is 13.0 Å². The molecule has 0 aromatic heterocycles. The average Bonchev–Trinajstić information content (AvgIpc) is 1.85. The van der Waals surface area contributed by atoms with Crippen molar-refractivity contribution in [1.29, 1.82) is 0 Å². The van der Waals surface area contributed by atoms with Gasteiger partial charge in [0.05, 0.1) is 0 Å². The minimum absolute atomic E-state index is 0.732. The molecular weight excluding hydrogens is 122 g/mol. The van der Waals surface area contributed by atoms with Crippen LogP contribution in [0.5, 0.6) is 0 Å². The van der Waals surface area contributed by atoms with Crippen LogP contribution in [0, 0.1) is 0 Å². The summed E-state index contributed by atoms with van der Waals surface area (Å²) in [5.74, 6) is 0. The van der Waals surface area contributed by atoms with Crippen molar-refractivity contribution in [2.75, 3.05) is 6.54 Å². The van der Waals surface area contributed by atoms with E-state index >= 15 is 0 Å². The quantitative estimate of drug-likeness (QED) is 0.632. The molecule has 1 nitrogen and oxygen atoms in total. The molecule has 1 rings (SSSR count). The SMILES string of the molecule is C=C(CCN)C1=C(C)CC1. The number of nitrogens with two attached hydrogens (primary N) is 1. The van der Waals surface area contributed by atoms with Gasteiger partial charge in [-0.25, -0.2) is 0 Å². The van der Waals surface area contributed by atoms with Crippen molar-refractivity contribution in [3.63, 3.8) is 0 Å². The van der Waals surface area contributed by atoms with E-state index in [9.17, 15) is 0 Å². The standard InChI is InChI=1S/C9H15N/c1-7-3-4-9(7)8(2)5-6-10/h2-6,10H2,1H3. The second-order valence-corrected chi connectivity index (χ2v) is 2.90. The molecule has 0 atom stereocenters. The molecule has 56 valence electrons. The smallest absolute Gasteiger partial charge is 0.00368 e. The van der Waals surface area contributed by atoms with Crippen molar-refractivity contribution in [2.24, 2.45) is 5.73 Å². The van der Waals surface area contributed by atoms with Crippen molar-refractivity contribution in [2.45, 2.75) is 26.2 Å². The van der Waals surface area contributed by atoms with E-state index in [-0.39, 0.29) is 0 Å². The summed E-state index contributed by atoms with van der Waals surface area (Å²) in [5, 5.41) is 0. The van der Waals surface area contributed by atoms with Gasteiger partial charge >= 0.3 is 0 Å².